The first-order valence-corrected chi connectivity index (χ1v) is 7.19. The Balaban J connectivity index is 1.84. The maximum atomic E-state index is 12.4. The van der Waals surface area contributed by atoms with E-state index < -0.39 is 11.9 Å². The van der Waals surface area contributed by atoms with Crippen LogP contribution in [0.4, 0.5) is 0 Å². The average Bonchev–Trinajstić information content (AvgIpc) is 3.14. The predicted octanol–water partition coefficient (Wildman–Crippen LogP) is 2.53. The first kappa shape index (κ1) is 14.4. The molecule has 1 saturated heterocycles. The van der Waals surface area contributed by atoms with Gasteiger partial charge in [0, 0.05) is 19.0 Å². The molecular formula is C17H17NO4. The van der Waals surface area contributed by atoms with Crippen LogP contribution in [0.3, 0.4) is 0 Å². The summed E-state index contributed by atoms with van der Waals surface area (Å²) in [5.74, 6) is -0.994. The standard InChI is InChI=1S/C17H17NO4/c1-11-7-8-15(22-11)16(19)18-9-13(14(10-18)17(20)21)12-5-3-2-4-6-12/h2-8,13-14H,9-10H2,1H3,(H,20,21). The molecule has 3 rings (SSSR count). The van der Waals surface area contributed by atoms with Gasteiger partial charge >= 0.3 is 5.97 Å². The van der Waals surface area contributed by atoms with E-state index in [2.05, 4.69) is 0 Å². The van der Waals surface area contributed by atoms with Crippen LogP contribution in [-0.4, -0.2) is 35.0 Å². The average molecular weight is 299 g/mol. The second kappa shape index (κ2) is 5.67. The van der Waals surface area contributed by atoms with E-state index in [-0.39, 0.29) is 24.1 Å². The number of carboxylic acid groups (broad SMARTS) is 1. The van der Waals surface area contributed by atoms with Crippen LogP contribution < -0.4 is 0 Å². The molecule has 5 heteroatoms. The molecule has 0 spiro atoms. The number of amides is 1. The molecule has 1 fully saturated rings. The molecule has 2 aromatic rings. The fraction of sp³-hybridized carbons (Fsp3) is 0.294. The zero-order valence-electron chi connectivity index (χ0n) is 12.2. The molecule has 0 bridgehead atoms. The number of benzene rings is 1. The van der Waals surface area contributed by atoms with E-state index >= 15 is 0 Å². The molecule has 22 heavy (non-hydrogen) atoms. The summed E-state index contributed by atoms with van der Waals surface area (Å²) in [7, 11) is 0. The summed E-state index contributed by atoms with van der Waals surface area (Å²) >= 11 is 0. The second-order valence-electron chi connectivity index (χ2n) is 5.58. The van der Waals surface area contributed by atoms with Crippen LogP contribution in [0.25, 0.3) is 0 Å². The number of likely N-dealkylation sites (tertiary alicyclic amines) is 1. The molecule has 2 heterocycles. The Morgan fingerprint density at radius 2 is 1.86 bits per heavy atom. The van der Waals surface area contributed by atoms with E-state index in [4.69, 9.17) is 4.42 Å². The van der Waals surface area contributed by atoms with Crippen molar-refractivity contribution in [3.8, 4) is 0 Å². The minimum atomic E-state index is -0.875. The van der Waals surface area contributed by atoms with Gasteiger partial charge < -0.3 is 14.4 Å². The monoisotopic (exact) mass is 299 g/mol. The Labute approximate surface area is 128 Å². The van der Waals surface area contributed by atoms with Gasteiger partial charge in [-0.05, 0) is 24.6 Å². The van der Waals surface area contributed by atoms with Crippen molar-refractivity contribution < 1.29 is 19.1 Å². The summed E-state index contributed by atoms with van der Waals surface area (Å²) in [6, 6.07) is 12.8. The third kappa shape index (κ3) is 2.62. The fourth-order valence-electron chi connectivity index (χ4n) is 2.96. The van der Waals surface area contributed by atoms with Crippen LogP contribution in [0.1, 0.15) is 27.8 Å². The van der Waals surface area contributed by atoms with Crippen LogP contribution in [0, 0.1) is 12.8 Å². The molecular weight excluding hydrogens is 282 g/mol. The molecule has 0 radical (unpaired) electrons. The third-order valence-corrected chi connectivity index (χ3v) is 4.10. The van der Waals surface area contributed by atoms with Crippen LogP contribution >= 0.6 is 0 Å². The highest BCUT2D eigenvalue weighted by Gasteiger charge is 2.41. The van der Waals surface area contributed by atoms with E-state index in [1.807, 2.05) is 30.3 Å². The van der Waals surface area contributed by atoms with Gasteiger partial charge in [0.2, 0.25) is 0 Å². The van der Waals surface area contributed by atoms with Crippen molar-refractivity contribution in [3.63, 3.8) is 0 Å². The van der Waals surface area contributed by atoms with E-state index in [9.17, 15) is 14.7 Å². The largest absolute Gasteiger partial charge is 0.481 e. The maximum absolute atomic E-state index is 12.4. The summed E-state index contributed by atoms with van der Waals surface area (Å²) in [5.41, 5.74) is 0.945. The van der Waals surface area contributed by atoms with Crippen LogP contribution in [0.2, 0.25) is 0 Å². The van der Waals surface area contributed by atoms with E-state index in [0.717, 1.165) is 5.56 Å². The van der Waals surface area contributed by atoms with Gasteiger partial charge in [0.05, 0.1) is 5.92 Å². The number of carbonyl (C=O) groups is 2. The number of furan rings is 1. The molecule has 1 aromatic heterocycles. The number of hydrogen-bond donors (Lipinski definition) is 1. The lowest BCUT2D eigenvalue weighted by Gasteiger charge is -2.15. The first-order valence-electron chi connectivity index (χ1n) is 7.19. The molecule has 5 nitrogen and oxygen atoms in total. The van der Waals surface area contributed by atoms with Crippen molar-refractivity contribution in [2.45, 2.75) is 12.8 Å². The number of aliphatic carboxylic acids is 1. The Bertz CT molecular complexity index is 692. The van der Waals surface area contributed by atoms with Crippen molar-refractivity contribution in [2.24, 2.45) is 5.92 Å². The van der Waals surface area contributed by atoms with E-state index in [1.165, 1.54) is 0 Å². The minimum Gasteiger partial charge on any atom is -0.481 e. The zero-order valence-corrected chi connectivity index (χ0v) is 12.2. The highest BCUT2D eigenvalue weighted by Crippen LogP contribution is 2.33. The Morgan fingerprint density at radius 1 is 1.14 bits per heavy atom. The molecule has 1 amide bonds. The van der Waals surface area contributed by atoms with Crippen molar-refractivity contribution in [1.29, 1.82) is 0 Å². The van der Waals surface area contributed by atoms with E-state index in [0.29, 0.717) is 12.3 Å². The second-order valence-corrected chi connectivity index (χ2v) is 5.58. The molecule has 0 saturated carbocycles. The van der Waals surface area contributed by atoms with Gasteiger partial charge in [-0.1, -0.05) is 30.3 Å². The smallest absolute Gasteiger partial charge is 0.308 e. The van der Waals surface area contributed by atoms with Gasteiger partial charge in [0.1, 0.15) is 5.76 Å². The highest BCUT2D eigenvalue weighted by molar-refractivity contribution is 5.92. The van der Waals surface area contributed by atoms with Crippen LogP contribution in [-0.2, 0) is 4.79 Å². The van der Waals surface area contributed by atoms with Gasteiger partial charge in [0.25, 0.3) is 5.91 Å². The van der Waals surface area contributed by atoms with Gasteiger partial charge in [-0.3, -0.25) is 9.59 Å². The van der Waals surface area contributed by atoms with Gasteiger partial charge in [0.15, 0.2) is 5.76 Å². The van der Waals surface area contributed by atoms with Crippen molar-refractivity contribution in [3.05, 3.63) is 59.5 Å². The fourth-order valence-corrected chi connectivity index (χ4v) is 2.96. The zero-order chi connectivity index (χ0) is 15.7. The summed E-state index contributed by atoms with van der Waals surface area (Å²) in [6.45, 7) is 2.36. The summed E-state index contributed by atoms with van der Waals surface area (Å²) in [4.78, 5) is 25.5. The third-order valence-electron chi connectivity index (χ3n) is 4.10. The van der Waals surface area contributed by atoms with Crippen LogP contribution in [0.5, 0.6) is 0 Å². The van der Waals surface area contributed by atoms with Gasteiger partial charge in [-0.15, -0.1) is 0 Å². The Morgan fingerprint density at radius 3 is 2.45 bits per heavy atom. The van der Waals surface area contributed by atoms with Gasteiger partial charge in [-0.2, -0.15) is 0 Å². The lowest BCUT2D eigenvalue weighted by Crippen LogP contribution is -2.29. The lowest BCUT2D eigenvalue weighted by atomic mass is 9.89. The molecule has 1 N–H and O–H groups in total. The molecule has 1 aliphatic heterocycles. The van der Waals surface area contributed by atoms with E-state index in [1.54, 1.807) is 24.0 Å². The van der Waals surface area contributed by atoms with Crippen LogP contribution in [0.15, 0.2) is 46.9 Å². The van der Waals surface area contributed by atoms with Crippen molar-refractivity contribution in [2.75, 3.05) is 13.1 Å². The Kier molecular flexibility index (Phi) is 3.71. The molecule has 2 atom stereocenters. The maximum Gasteiger partial charge on any atom is 0.308 e. The normalized spacial score (nSPS) is 21.0. The minimum absolute atomic E-state index is 0.196. The number of rotatable bonds is 3. The number of hydrogen-bond acceptors (Lipinski definition) is 3. The number of carbonyl (C=O) groups excluding carboxylic acids is 1. The van der Waals surface area contributed by atoms with Crippen molar-refractivity contribution in [1.82, 2.24) is 4.90 Å². The molecule has 1 aliphatic rings. The summed E-state index contributed by atoms with van der Waals surface area (Å²) < 4.78 is 5.36. The number of carboxylic acids is 1. The number of aryl methyl sites for hydroxylation is 1. The number of nitrogens with zero attached hydrogens (tertiary/aromatic N) is 1. The highest BCUT2D eigenvalue weighted by atomic mass is 16.4. The SMILES string of the molecule is Cc1ccc(C(=O)N2CC(C(=O)O)C(c3ccccc3)C2)o1. The molecule has 114 valence electrons. The molecule has 2 unspecified atom stereocenters. The summed E-state index contributed by atoms with van der Waals surface area (Å²) in [5, 5.41) is 9.46. The quantitative estimate of drug-likeness (QED) is 0.945. The first-order chi connectivity index (χ1) is 10.6. The molecule has 1 aromatic carbocycles. The lowest BCUT2D eigenvalue weighted by molar-refractivity contribution is -0.141. The van der Waals surface area contributed by atoms with Gasteiger partial charge in [-0.25, -0.2) is 0 Å². The summed E-state index contributed by atoms with van der Waals surface area (Å²) in [6.07, 6.45) is 0. The Hall–Kier alpha value is -2.56. The topological polar surface area (TPSA) is 70.8 Å². The van der Waals surface area contributed by atoms with Crippen molar-refractivity contribution >= 4 is 11.9 Å². The molecule has 0 aliphatic carbocycles. The predicted molar refractivity (Wildman–Crippen MR) is 79.7 cm³/mol.